The van der Waals surface area contributed by atoms with Gasteiger partial charge in [0.15, 0.2) is 0 Å². The summed E-state index contributed by atoms with van der Waals surface area (Å²) < 4.78 is 0. The van der Waals surface area contributed by atoms with Gasteiger partial charge in [0.1, 0.15) is 0 Å². The van der Waals surface area contributed by atoms with Crippen LogP contribution in [0, 0.1) is 13.8 Å². The Morgan fingerprint density at radius 1 is 0.561 bits per heavy atom. The van der Waals surface area contributed by atoms with Gasteiger partial charge in [-0.1, -0.05) is 92.1 Å². The third kappa shape index (κ3) is 3.79. The van der Waals surface area contributed by atoms with E-state index >= 15 is 0 Å². The highest BCUT2D eigenvalue weighted by Gasteiger charge is 2.44. The van der Waals surface area contributed by atoms with Crippen molar-refractivity contribution < 1.29 is 0 Å². The molecule has 1 aliphatic carbocycles. The monoisotopic (exact) mass is 530 g/mol. The lowest BCUT2D eigenvalue weighted by Crippen LogP contribution is -2.61. The van der Waals surface area contributed by atoms with E-state index in [1.807, 2.05) is 0 Å². The Bertz CT molecular complexity index is 1750. The van der Waals surface area contributed by atoms with E-state index < -0.39 is 0 Å². The number of hydrogen-bond donors (Lipinski definition) is 0. The average molecular weight is 531 g/mol. The topological polar surface area (TPSA) is 6.48 Å². The normalized spacial score (nSPS) is 15.8. The number of anilines is 6. The fourth-order valence-electron chi connectivity index (χ4n) is 7.78. The van der Waals surface area contributed by atoms with E-state index in [2.05, 4.69) is 133 Å². The highest BCUT2D eigenvalue weighted by molar-refractivity contribution is 7.00. The van der Waals surface area contributed by atoms with Crippen LogP contribution in [0.5, 0.6) is 0 Å². The molecule has 2 aliphatic heterocycles. The molecule has 0 radical (unpaired) electrons. The molecule has 0 unspecified atom stereocenters. The minimum Gasteiger partial charge on any atom is -0.311 e. The summed E-state index contributed by atoms with van der Waals surface area (Å²) in [5.41, 5.74) is 16.1. The van der Waals surface area contributed by atoms with Gasteiger partial charge < -0.3 is 9.80 Å². The fraction of sp³-hybridized carbons (Fsp3) is 0.211. The fourth-order valence-corrected chi connectivity index (χ4v) is 7.78. The zero-order valence-electron chi connectivity index (χ0n) is 24.0. The van der Waals surface area contributed by atoms with E-state index in [0.29, 0.717) is 5.92 Å². The summed E-state index contributed by atoms with van der Waals surface area (Å²) in [7, 11) is 0. The predicted octanol–water partition coefficient (Wildman–Crippen LogP) is 8.43. The maximum absolute atomic E-state index is 2.57. The molecular weight excluding hydrogens is 495 g/mol. The number of fused-ring (bicyclic) bond motifs is 4. The quantitative estimate of drug-likeness (QED) is 0.212. The summed E-state index contributed by atoms with van der Waals surface area (Å²) in [5.74, 6) is 0.607. The van der Waals surface area contributed by atoms with Crippen LogP contribution in [0.25, 0.3) is 0 Å². The van der Waals surface area contributed by atoms with Gasteiger partial charge in [-0.2, -0.15) is 0 Å². The number of benzene rings is 5. The van der Waals surface area contributed by atoms with Gasteiger partial charge in [0.2, 0.25) is 0 Å². The number of rotatable bonds is 3. The standard InChI is InChI=1S/C38H35BN2/c1-26-14-9-11-22-33(26)41-34-23-12-10-20-31(34)39-32-21-13-15-27(2)38(32)40(30-18-7-4-8-19-30)35-24-29(25-36(41)37(35)39)28-16-5-3-6-17-28/h4,7-15,18-25,28H,3,5-6,16-17H2,1-2H3. The van der Waals surface area contributed by atoms with Crippen LogP contribution in [0.3, 0.4) is 0 Å². The Labute approximate surface area is 244 Å². The van der Waals surface area contributed by atoms with E-state index in [0.717, 1.165) is 0 Å². The molecule has 0 spiro atoms. The number of para-hydroxylation sites is 4. The van der Waals surface area contributed by atoms with E-state index in [4.69, 9.17) is 0 Å². The van der Waals surface area contributed by atoms with Crippen molar-refractivity contribution in [1.82, 2.24) is 0 Å². The van der Waals surface area contributed by atoms with Crippen molar-refractivity contribution >= 4 is 57.2 Å². The Morgan fingerprint density at radius 2 is 1.20 bits per heavy atom. The van der Waals surface area contributed by atoms with Crippen molar-refractivity contribution in [2.75, 3.05) is 9.80 Å². The van der Waals surface area contributed by atoms with Crippen LogP contribution in [0.4, 0.5) is 34.1 Å². The average Bonchev–Trinajstić information content (AvgIpc) is 3.02. The molecule has 2 heterocycles. The van der Waals surface area contributed by atoms with Gasteiger partial charge in [0, 0.05) is 34.1 Å². The zero-order valence-corrected chi connectivity index (χ0v) is 24.0. The molecule has 0 bridgehead atoms. The van der Waals surface area contributed by atoms with Gasteiger partial charge in [-0.3, -0.25) is 0 Å². The Hall–Kier alpha value is -4.24. The van der Waals surface area contributed by atoms with Gasteiger partial charge in [0.05, 0.1) is 0 Å². The van der Waals surface area contributed by atoms with E-state index in [-0.39, 0.29) is 6.71 Å². The molecule has 41 heavy (non-hydrogen) atoms. The molecule has 0 aromatic heterocycles. The Morgan fingerprint density at radius 3 is 1.98 bits per heavy atom. The van der Waals surface area contributed by atoms with Crippen molar-refractivity contribution in [2.24, 2.45) is 0 Å². The molecule has 0 N–H and O–H groups in total. The second kappa shape index (κ2) is 9.70. The van der Waals surface area contributed by atoms with Crippen molar-refractivity contribution in [3.63, 3.8) is 0 Å². The minimum atomic E-state index is 0.187. The van der Waals surface area contributed by atoms with Gasteiger partial charge >= 0.3 is 0 Å². The number of hydrogen-bond acceptors (Lipinski definition) is 2. The van der Waals surface area contributed by atoms with Gasteiger partial charge in [-0.05, 0) is 102 Å². The third-order valence-electron chi connectivity index (χ3n) is 9.67. The molecule has 0 amide bonds. The van der Waals surface area contributed by atoms with Crippen LogP contribution < -0.4 is 26.2 Å². The molecule has 5 aromatic rings. The summed E-state index contributed by atoms with van der Waals surface area (Å²) in [6.07, 6.45) is 6.58. The molecule has 3 heteroatoms. The molecular formula is C38H35BN2. The largest absolute Gasteiger partial charge is 0.311 e. The summed E-state index contributed by atoms with van der Waals surface area (Å²) in [4.78, 5) is 5.13. The Balaban J connectivity index is 1.50. The smallest absolute Gasteiger partial charge is 0.252 e. The highest BCUT2D eigenvalue weighted by atomic mass is 15.2. The summed E-state index contributed by atoms with van der Waals surface area (Å²) in [6.45, 7) is 4.71. The summed E-state index contributed by atoms with van der Waals surface area (Å²) in [6, 6.07) is 41.0. The first-order valence-corrected chi connectivity index (χ1v) is 15.3. The second-order valence-corrected chi connectivity index (χ2v) is 12.1. The van der Waals surface area contributed by atoms with Crippen LogP contribution in [0.2, 0.25) is 0 Å². The Kier molecular flexibility index (Phi) is 5.81. The first-order chi connectivity index (χ1) is 20.2. The SMILES string of the molecule is Cc1ccccc1N1c2ccccc2B2c3cccc(C)c3N(c3ccccc3)c3cc(C4CCCCC4)cc1c32. The molecule has 0 saturated heterocycles. The summed E-state index contributed by atoms with van der Waals surface area (Å²) in [5, 5.41) is 0. The maximum atomic E-state index is 2.57. The minimum absolute atomic E-state index is 0.187. The van der Waals surface area contributed by atoms with Gasteiger partial charge in [-0.15, -0.1) is 0 Å². The van der Waals surface area contributed by atoms with Crippen LogP contribution in [0.1, 0.15) is 54.7 Å². The molecule has 0 atom stereocenters. The van der Waals surface area contributed by atoms with Crippen LogP contribution in [0.15, 0.2) is 109 Å². The van der Waals surface area contributed by atoms with Gasteiger partial charge in [-0.25, -0.2) is 0 Å². The van der Waals surface area contributed by atoms with Crippen molar-refractivity contribution in [3.05, 3.63) is 126 Å². The summed E-state index contributed by atoms with van der Waals surface area (Å²) >= 11 is 0. The number of nitrogens with zero attached hydrogens (tertiary/aromatic N) is 2. The molecule has 2 nitrogen and oxygen atoms in total. The molecule has 5 aromatic carbocycles. The van der Waals surface area contributed by atoms with E-state index in [1.54, 1.807) is 0 Å². The lowest BCUT2D eigenvalue weighted by molar-refractivity contribution is 0.444. The number of aryl methyl sites for hydroxylation is 2. The van der Waals surface area contributed by atoms with Crippen LogP contribution in [-0.4, -0.2) is 6.71 Å². The van der Waals surface area contributed by atoms with Gasteiger partial charge in [0.25, 0.3) is 6.71 Å². The van der Waals surface area contributed by atoms with Crippen molar-refractivity contribution in [2.45, 2.75) is 51.9 Å². The highest BCUT2D eigenvalue weighted by Crippen LogP contribution is 2.47. The maximum Gasteiger partial charge on any atom is 0.252 e. The van der Waals surface area contributed by atoms with Crippen molar-refractivity contribution in [3.8, 4) is 0 Å². The van der Waals surface area contributed by atoms with Crippen molar-refractivity contribution in [1.29, 1.82) is 0 Å². The molecule has 8 rings (SSSR count). The first-order valence-electron chi connectivity index (χ1n) is 15.3. The molecule has 1 saturated carbocycles. The predicted molar refractivity (Wildman–Crippen MR) is 176 cm³/mol. The molecule has 200 valence electrons. The van der Waals surface area contributed by atoms with E-state index in [9.17, 15) is 0 Å². The zero-order chi connectivity index (χ0) is 27.5. The molecule has 1 fully saturated rings. The molecule has 3 aliphatic rings. The lowest BCUT2D eigenvalue weighted by atomic mass is 9.33. The second-order valence-electron chi connectivity index (χ2n) is 12.1. The van der Waals surface area contributed by atoms with Crippen LogP contribution in [-0.2, 0) is 0 Å². The first kappa shape index (κ1) is 24.6. The van der Waals surface area contributed by atoms with Crippen LogP contribution >= 0.6 is 0 Å². The third-order valence-corrected chi connectivity index (χ3v) is 9.67. The van der Waals surface area contributed by atoms with E-state index in [1.165, 1.54) is 99.3 Å². The lowest BCUT2D eigenvalue weighted by Gasteiger charge is -2.45.